The molecule has 1 fully saturated rings. The molecule has 7 nitrogen and oxygen atoms in total. The van der Waals surface area contributed by atoms with E-state index in [0.29, 0.717) is 18.0 Å². The average Bonchev–Trinajstić information content (AvgIpc) is 3.50. The van der Waals surface area contributed by atoms with E-state index in [-0.39, 0.29) is 25.2 Å². The zero-order valence-corrected chi connectivity index (χ0v) is 18.8. The molecule has 0 saturated carbocycles. The molecule has 0 spiro atoms. The largest absolute Gasteiger partial charge is 0.467 e. The lowest BCUT2D eigenvalue weighted by Crippen LogP contribution is -2.49. The summed E-state index contributed by atoms with van der Waals surface area (Å²) < 4.78 is 47.5. The number of hydrogen-bond donors (Lipinski definition) is 3. The highest BCUT2D eigenvalue weighted by Gasteiger charge is 2.62. The Morgan fingerprint density at radius 2 is 1.63 bits per heavy atom. The van der Waals surface area contributed by atoms with E-state index in [9.17, 15) is 22.8 Å². The molecule has 35 heavy (non-hydrogen) atoms. The predicted octanol–water partition coefficient (Wildman–Crippen LogP) is 4.99. The van der Waals surface area contributed by atoms with Crippen LogP contribution in [0.15, 0.2) is 77.4 Å². The molecule has 3 N–H and O–H groups in total. The fourth-order valence-corrected chi connectivity index (χ4v) is 4.05. The third-order valence-electron chi connectivity index (χ3n) is 5.98. The van der Waals surface area contributed by atoms with Crippen LogP contribution in [-0.2, 0) is 17.9 Å². The van der Waals surface area contributed by atoms with Crippen molar-refractivity contribution in [2.24, 2.45) is 5.41 Å². The Morgan fingerprint density at radius 3 is 2.26 bits per heavy atom. The Bertz CT molecular complexity index is 1140. The number of benzene rings is 2. The third-order valence-corrected chi connectivity index (χ3v) is 5.98. The van der Waals surface area contributed by atoms with Crippen LogP contribution in [0.3, 0.4) is 0 Å². The Balaban J connectivity index is 1.36. The summed E-state index contributed by atoms with van der Waals surface area (Å²) in [6.07, 6.45) is -3.52. The topological polar surface area (TPSA) is 86.6 Å². The fourth-order valence-electron chi connectivity index (χ4n) is 4.05. The second-order valence-corrected chi connectivity index (χ2v) is 8.44. The standard InChI is InChI=1S/C25H25F3N4O3/c26-25(27,28)24(12-13-32(17-24)16-18-5-2-1-3-6-18)22(33)30-19-8-10-20(11-9-19)31-23(34)29-15-21-7-4-14-35-21/h1-11,14H,12-13,15-17H2,(H,30,33)(H2,29,31,34). The van der Waals surface area contributed by atoms with E-state index in [1.165, 1.54) is 30.5 Å². The molecule has 184 valence electrons. The van der Waals surface area contributed by atoms with Crippen molar-refractivity contribution in [3.63, 3.8) is 0 Å². The second-order valence-electron chi connectivity index (χ2n) is 8.44. The zero-order valence-electron chi connectivity index (χ0n) is 18.8. The number of carbonyl (C=O) groups is 2. The van der Waals surface area contributed by atoms with Crippen molar-refractivity contribution in [2.45, 2.75) is 25.7 Å². The van der Waals surface area contributed by atoms with Crippen LogP contribution in [0.25, 0.3) is 0 Å². The predicted molar refractivity (Wildman–Crippen MR) is 124 cm³/mol. The van der Waals surface area contributed by atoms with Crippen LogP contribution >= 0.6 is 0 Å². The molecule has 10 heteroatoms. The summed E-state index contributed by atoms with van der Waals surface area (Å²) in [6, 6.07) is 18.0. The minimum atomic E-state index is -4.70. The van der Waals surface area contributed by atoms with Gasteiger partial charge in [-0.25, -0.2) is 4.79 Å². The molecule has 0 radical (unpaired) electrons. The highest BCUT2D eigenvalue weighted by molar-refractivity contribution is 5.97. The molecule has 1 aliphatic heterocycles. The Kier molecular flexibility index (Phi) is 7.11. The molecular weight excluding hydrogens is 461 g/mol. The Morgan fingerprint density at radius 1 is 0.943 bits per heavy atom. The van der Waals surface area contributed by atoms with Gasteiger partial charge in [-0.1, -0.05) is 30.3 Å². The highest BCUT2D eigenvalue weighted by atomic mass is 19.4. The van der Waals surface area contributed by atoms with Gasteiger partial charge in [-0.3, -0.25) is 9.69 Å². The lowest BCUT2D eigenvalue weighted by atomic mass is 9.85. The van der Waals surface area contributed by atoms with Crippen LogP contribution in [0.4, 0.5) is 29.3 Å². The number of anilines is 2. The number of rotatable bonds is 7. The van der Waals surface area contributed by atoms with Crippen molar-refractivity contribution < 1.29 is 27.2 Å². The van der Waals surface area contributed by atoms with Crippen LogP contribution in [0, 0.1) is 5.41 Å². The van der Waals surface area contributed by atoms with Gasteiger partial charge in [0, 0.05) is 24.5 Å². The molecule has 2 heterocycles. The first-order valence-electron chi connectivity index (χ1n) is 11.1. The Hall–Kier alpha value is -3.79. The molecule has 1 unspecified atom stereocenters. The molecule has 2 aromatic carbocycles. The second kappa shape index (κ2) is 10.2. The van der Waals surface area contributed by atoms with E-state index in [0.717, 1.165) is 5.56 Å². The number of urea groups is 1. The molecule has 0 bridgehead atoms. The zero-order chi connectivity index (χ0) is 24.9. The summed E-state index contributed by atoms with van der Waals surface area (Å²) in [7, 11) is 0. The number of carbonyl (C=O) groups excluding carboxylic acids is 2. The summed E-state index contributed by atoms with van der Waals surface area (Å²) in [5, 5.41) is 7.64. The van der Waals surface area contributed by atoms with Gasteiger partial charge in [-0.2, -0.15) is 13.2 Å². The summed E-state index contributed by atoms with van der Waals surface area (Å²) in [6.45, 7) is 0.298. The molecule has 1 aromatic heterocycles. The summed E-state index contributed by atoms with van der Waals surface area (Å²) in [4.78, 5) is 26.5. The number of amides is 3. The van der Waals surface area contributed by atoms with Gasteiger partial charge in [0.05, 0.1) is 12.8 Å². The number of furan rings is 1. The van der Waals surface area contributed by atoms with Crippen molar-refractivity contribution in [3.05, 3.63) is 84.3 Å². The van der Waals surface area contributed by atoms with Gasteiger partial charge in [0.1, 0.15) is 5.76 Å². The number of nitrogens with zero attached hydrogens (tertiary/aromatic N) is 1. The number of nitrogens with one attached hydrogen (secondary N) is 3. The van der Waals surface area contributed by atoms with Gasteiger partial charge in [0.25, 0.3) is 0 Å². The molecule has 1 aliphatic rings. The molecule has 1 atom stereocenters. The van der Waals surface area contributed by atoms with Crippen LogP contribution in [-0.4, -0.2) is 36.1 Å². The number of likely N-dealkylation sites (tertiary alicyclic amines) is 1. The van der Waals surface area contributed by atoms with Gasteiger partial charge in [-0.05, 0) is 54.9 Å². The van der Waals surface area contributed by atoms with Crippen LogP contribution in [0.2, 0.25) is 0 Å². The maximum Gasteiger partial charge on any atom is 0.404 e. The van der Waals surface area contributed by atoms with Crippen molar-refractivity contribution in [1.82, 2.24) is 10.2 Å². The van der Waals surface area contributed by atoms with Crippen LogP contribution < -0.4 is 16.0 Å². The Labute approximate surface area is 200 Å². The first kappa shape index (κ1) is 24.3. The molecule has 4 rings (SSSR count). The lowest BCUT2D eigenvalue weighted by Gasteiger charge is -2.30. The van der Waals surface area contributed by atoms with Crippen molar-refractivity contribution >= 4 is 23.3 Å². The third kappa shape index (κ3) is 5.83. The van der Waals surface area contributed by atoms with E-state index in [4.69, 9.17) is 4.42 Å². The summed E-state index contributed by atoms with van der Waals surface area (Å²) in [5.41, 5.74) is -0.978. The van der Waals surface area contributed by atoms with Crippen molar-refractivity contribution in [3.8, 4) is 0 Å². The van der Waals surface area contributed by atoms with Crippen LogP contribution in [0.5, 0.6) is 0 Å². The number of alkyl halides is 3. The quantitative estimate of drug-likeness (QED) is 0.439. The van der Waals surface area contributed by atoms with Gasteiger partial charge in [0.2, 0.25) is 5.91 Å². The smallest absolute Gasteiger partial charge is 0.404 e. The maximum absolute atomic E-state index is 14.1. The SMILES string of the molecule is O=C(NCc1ccco1)Nc1ccc(NC(=O)C2(C(F)(F)F)CCN(Cc3ccccc3)C2)cc1. The molecule has 1 saturated heterocycles. The van der Waals surface area contributed by atoms with E-state index in [1.807, 2.05) is 30.3 Å². The van der Waals surface area contributed by atoms with Gasteiger partial charge < -0.3 is 20.4 Å². The lowest BCUT2D eigenvalue weighted by molar-refractivity contribution is -0.215. The van der Waals surface area contributed by atoms with E-state index in [2.05, 4.69) is 16.0 Å². The first-order valence-corrected chi connectivity index (χ1v) is 11.1. The summed E-state index contributed by atoms with van der Waals surface area (Å²) in [5.74, 6) is -0.497. The van der Waals surface area contributed by atoms with E-state index in [1.54, 1.807) is 17.0 Å². The first-order chi connectivity index (χ1) is 16.7. The average molecular weight is 486 g/mol. The van der Waals surface area contributed by atoms with Crippen molar-refractivity contribution in [2.75, 3.05) is 23.7 Å². The molecular formula is C25H25F3N4O3. The van der Waals surface area contributed by atoms with E-state index >= 15 is 0 Å². The molecule has 0 aliphatic carbocycles. The molecule has 3 aromatic rings. The minimum absolute atomic E-state index is 0.164. The number of hydrogen-bond acceptors (Lipinski definition) is 4. The minimum Gasteiger partial charge on any atom is -0.467 e. The van der Waals surface area contributed by atoms with Crippen molar-refractivity contribution in [1.29, 1.82) is 0 Å². The van der Waals surface area contributed by atoms with Gasteiger partial charge >= 0.3 is 12.2 Å². The normalized spacial score (nSPS) is 18.3. The number of halogens is 3. The monoisotopic (exact) mass is 486 g/mol. The maximum atomic E-state index is 14.1. The fraction of sp³-hybridized carbons (Fsp3) is 0.280. The van der Waals surface area contributed by atoms with E-state index < -0.39 is 30.1 Å². The van der Waals surface area contributed by atoms with Gasteiger partial charge in [-0.15, -0.1) is 0 Å². The van der Waals surface area contributed by atoms with Gasteiger partial charge in [0.15, 0.2) is 5.41 Å². The molecule has 3 amide bonds. The summed E-state index contributed by atoms with van der Waals surface area (Å²) >= 11 is 0. The van der Waals surface area contributed by atoms with Crippen LogP contribution in [0.1, 0.15) is 17.7 Å². The highest BCUT2D eigenvalue weighted by Crippen LogP contribution is 2.46.